The number of hydrogen-bond acceptors (Lipinski definition) is 5. The number of methoxy groups -OCH3 is 1. The van der Waals surface area contributed by atoms with Crippen LogP contribution in [0.15, 0.2) is 48.5 Å². The minimum atomic E-state index is -0.449. The number of rotatable bonds is 9. The Labute approximate surface area is 181 Å². The van der Waals surface area contributed by atoms with Gasteiger partial charge in [0.05, 0.1) is 19.4 Å². The number of imidazole rings is 1. The van der Waals surface area contributed by atoms with Crippen LogP contribution >= 0.6 is 11.6 Å². The van der Waals surface area contributed by atoms with Gasteiger partial charge in [-0.2, -0.15) is 0 Å². The molecule has 2 aromatic carbocycles. The van der Waals surface area contributed by atoms with Gasteiger partial charge in [-0.05, 0) is 36.2 Å². The summed E-state index contributed by atoms with van der Waals surface area (Å²) in [5, 5.41) is 10.1. The maximum absolute atomic E-state index is 11.9. The van der Waals surface area contributed by atoms with Crippen LogP contribution in [0, 0.1) is 0 Å². The fourth-order valence-electron chi connectivity index (χ4n) is 3.18. The van der Waals surface area contributed by atoms with Gasteiger partial charge in [0.15, 0.2) is 5.15 Å². The number of unbranched alkanes of at least 4 members (excludes halogenated alkanes) is 1. The zero-order valence-electron chi connectivity index (χ0n) is 17.1. The van der Waals surface area contributed by atoms with Gasteiger partial charge in [0.2, 0.25) is 0 Å². The molecule has 1 N–H and O–H groups in total. The molecule has 0 aliphatic rings. The Hall–Kier alpha value is -2.83. The predicted molar refractivity (Wildman–Crippen MR) is 115 cm³/mol. The number of nitrogens with zero attached hydrogens (tertiary/aromatic N) is 2. The average molecular weight is 429 g/mol. The molecule has 0 atom stereocenters. The molecule has 3 rings (SSSR count). The first-order valence-electron chi connectivity index (χ1n) is 9.86. The topological polar surface area (TPSA) is 73.6 Å². The standard InChI is InChI=1S/C23H25ClN2O4/c1-3-4-9-21-25-22(24)19(15-27)26(21)14-16-10-12-17(13-11-16)30-20-8-6-5-7-18(20)23(28)29-2/h5-8,10-13,27H,3-4,9,14-15H2,1-2H3. The normalized spacial score (nSPS) is 10.8. The SMILES string of the molecule is CCCCc1nc(Cl)c(CO)n1Cc1ccc(Oc2ccccc2C(=O)OC)cc1. The van der Waals surface area contributed by atoms with Gasteiger partial charge >= 0.3 is 5.97 Å². The number of aryl methyl sites for hydroxylation is 1. The Kier molecular flexibility index (Phi) is 7.49. The molecule has 0 saturated heterocycles. The second-order valence-corrected chi connectivity index (χ2v) is 7.21. The van der Waals surface area contributed by atoms with Crippen LogP contribution in [0.25, 0.3) is 0 Å². The Balaban J connectivity index is 1.79. The summed E-state index contributed by atoms with van der Waals surface area (Å²) in [5.74, 6) is 1.46. The van der Waals surface area contributed by atoms with E-state index in [2.05, 4.69) is 11.9 Å². The molecule has 6 nitrogen and oxygen atoms in total. The Morgan fingerprint density at radius 3 is 2.57 bits per heavy atom. The van der Waals surface area contributed by atoms with Crippen molar-refractivity contribution < 1.29 is 19.4 Å². The molecule has 0 radical (unpaired) electrons. The van der Waals surface area contributed by atoms with Crippen molar-refractivity contribution in [3.63, 3.8) is 0 Å². The number of aliphatic hydroxyl groups is 1. The van der Waals surface area contributed by atoms with Crippen LogP contribution in [0.2, 0.25) is 5.15 Å². The van der Waals surface area contributed by atoms with E-state index in [1.807, 2.05) is 28.8 Å². The first-order valence-corrected chi connectivity index (χ1v) is 10.2. The number of carbonyl (C=O) groups is 1. The van der Waals surface area contributed by atoms with E-state index >= 15 is 0 Å². The van der Waals surface area contributed by atoms with Gasteiger partial charge in [-0.1, -0.05) is 49.2 Å². The molecule has 3 aromatic rings. The van der Waals surface area contributed by atoms with Crippen LogP contribution < -0.4 is 4.74 Å². The molecule has 0 aliphatic carbocycles. The summed E-state index contributed by atoms with van der Waals surface area (Å²) in [4.78, 5) is 16.3. The summed E-state index contributed by atoms with van der Waals surface area (Å²) in [5.41, 5.74) is 2.01. The summed E-state index contributed by atoms with van der Waals surface area (Å²) in [6.45, 7) is 2.51. The van der Waals surface area contributed by atoms with E-state index in [9.17, 15) is 9.90 Å². The number of hydrogen-bond donors (Lipinski definition) is 1. The third kappa shape index (κ3) is 5.01. The third-order valence-electron chi connectivity index (χ3n) is 4.79. The van der Waals surface area contributed by atoms with Crippen molar-refractivity contribution in [3.05, 3.63) is 76.3 Å². The summed E-state index contributed by atoms with van der Waals surface area (Å²) >= 11 is 6.21. The molecule has 0 aliphatic heterocycles. The molecular weight excluding hydrogens is 404 g/mol. The average Bonchev–Trinajstić information content (AvgIpc) is 3.07. The highest BCUT2D eigenvalue weighted by Gasteiger charge is 2.16. The van der Waals surface area contributed by atoms with Crippen LogP contribution in [0.5, 0.6) is 11.5 Å². The van der Waals surface area contributed by atoms with Gasteiger partial charge in [-0.15, -0.1) is 0 Å². The highest BCUT2D eigenvalue weighted by atomic mass is 35.5. The molecule has 7 heteroatoms. The van der Waals surface area contributed by atoms with Gasteiger partial charge in [0.25, 0.3) is 0 Å². The van der Waals surface area contributed by atoms with Gasteiger partial charge in [-0.25, -0.2) is 9.78 Å². The van der Waals surface area contributed by atoms with E-state index in [0.29, 0.717) is 34.5 Å². The van der Waals surface area contributed by atoms with Gasteiger partial charge < -0.3 is 19.1 Å². The van der Waals surface area contributed by atoms with Crippen molar-refractivity contribution in [1.29, 1.82) is 0 Å². The maximum atomic E-state index is 11.9. The Bertz CT molecular complexity index is 999. The molecule has 0 saturated carbocycles. The lowest BCUT2D eigenvalue weighted by Gasteiger charge is -2.13. The number of ether oxygens (including phenoxy) is 2. The molecule has 0 unspecified atom stereocenters. The van der Waals surface area contributed by atoms with Crippen molar-refractivity contribution in [3.8, 4) is 11.5 Å². The van der Waals surface area contributed by atoms with E-state index in [1.54, 1.807) is 24.3 Å². The van der Waals surface area contributed by atoms with Crippen LogP contribution in [0.1, 0.15) is 47.2 Å². The zero-order chi connectivity index (χ0) is 21.5. The molecule has 30 heavy (non-hydrogen) atoms. The number of esters is 1. The van der Waals surface area contributed by atoms with Crippen LogP contribution in [-0.2, 0) is 24.3 Å². The number of aliphatic hydroxyl groups excluding tert-OH is 1. The highest BCUT2D eigenvalue weighted by molar-refractivity contribution is 6.30. The number of halogens is 1. The van der Waals surface area contributed by atoms with E-state index in [0.717, 1.165) is 30.7 Å². The second-order valence-electron chi connectivity index (χ2n) is 6.85. The Morgan fingerprint density at radius 1 is 1.17 bits per heavy atom. The number of para-hydroxylation sites is 1. The first kappa shape index (κ1) is 21.9. The molecule has 0 bridgehead atoms. The second kappa shape index (κ2) is 10.3. The third-order valence-corrected chi connectivity index (χ3v) is 5.09. The van der Waals surface area contributed by atoms with Gasteiger partial charge in [0.1, 0.15) is 22.9 Å². The molecule has 0 amide bonds. The summed E-state index contributed by atoms with van der Waals surface area (Å²) in [6, 6.07) is 14.5. The molecule has 158 valence electrons. The maximum Gasteiger partial charge on any atom is 0.341 e. The quantitative estimate of drug-likeness (QED) is 0.485. The van der Waals surface area contributed by atoms with Crippen LogP contribution in [0.3, 0.4) is 0 Å². The summed E-state index contributed by atoms with van der Waals surface area (Å²) < 4.78 is 12.7. The zero-order valence-corrected chi connectivity index (χ0v) is 17.9. The van der Waals surface area contributed by atoms with Crippen LogP contribution in [0.4, 0.5) is 0 Å². The van der Waals surface area contributed by atoms with Crippen molar-refractivity contribution >= 4 is 17.6 Å². The fourth-order valence-corrected chi connectivity index (χ4v) is 3.43. The highest BCUT2D eigenvalue weighted by Crippen LogP contribution is 2.27. The van der Waals surface area contributed by atoms with E-state index in [4.69, 9.17) is 21.1 Å². The Morgan fingerprint density at radius 2 is 1.90 bits per heavy atom. The molecule has 1 heterocycles. The number of carbonyl (C=O) groups excluding carboxylic acids is 1. The molecule has 1 aromatic heterocycles. The van der Waals surface area contributed by atoms with Crippen molar-refractivity contribution in [2.75, 3.05) is 7.11 Å². The molecular formula is C23H25ClN2O4. The smallest absolute Gasteiger partial charge is 0.341 e. The van der Waals surface area contributed by atoms with Crippen molar-refractivity contribution in [2.45, 2.75) is 39.3 Å². The van der Waals surface area contributed by atoms with Crippen molar-refractivity contribution in [1.82, 2.24) is 9.55 Å². The van der Waals surface area contributed by atoms with Gasteiger partial charge in [-0.3, -0.25) is 0 Å². The lowest BCUT2D eigenvalue weighted by Crippen LogP contribution is -2.09. The minimum Gasteiger partial charge on any atom is -0.465 e. The monoisotopic (exact) mass is 428 g/mol. The molecule has 0 spiro atoms. The minimum absolute atomic E-state index is 0.163. The van der Waals surface area contributed by atoms with Gasteiger partial charge in [0, 0.05) is 13.0 Å². The first-order chi connectivity index (χ1) is 14.6. The molecule has 0 fully saturated rings. The largest absolute Gasteiger partial charge is 0.465 e. The lowest BCUT2D eigenvalue weighted by molar-refractivity contribution is 0.0598. The van der Waals surface area contributed by atoms with E-state index < -0.39 is 5.97 Å². The number of aromatic nitrogens is 2. The summed E-state index contributed by atoms with van der Waals surface area (Å²) in [6.07, 6.45) is 2.87. The van der Waals surface area contributed by atoms with Crippen molar-refractivity contribution in [2.24, 2.45) is 0 Å². The summed E-state index contributed by atoms with van der Waals surface area (Å²) in [7, 11) is 1.34. The van der Waals surface area contributed by atoms with E-state index in [1.165, 1.54) is 7.11 Å². The number of benzene rings is 2. The van der Waals surface area contributed by atoms with Crippen LogP contribution in [-0.4, -0.2) is 27.7 Å². The lowest BCUT2D eigenvalue weighted by atomic mass is 10.2. The predicted octanol–water partition coefficient (Wildman–Crippen LogP) is 5.00. The fraction of sp³-hybridized carbons (Fsp3) is 0.304. The van der Waals surface area contributed by atoms with E-state index in [-0.39, 0.29) is 6.61 Å².